The predicted octanol–water partition coefficient (Wildman–Crippen LogP) is 2.67. The van der Waals surface area contributed by atoms with Crippen LogP contribution < -0.4 is 20.5 Å². The molecule has 0 saturated carbocycles. The van der Waals surface area contributed by atoms with E-state index in [9.17, 15) is 0 Å². The van der Waals surface area contributed by atoms with Gasteiger partial charge < -0.3 is 20.5 Å². The summed E-state index contributed by atoms with van der Waals surface area (Å²) in [6.07, 6.45) is 0.818. The van der Waals surface area contributed by atoms with Gasteiger partial charge >= 0.3 is 0 Å². The van der Waals surface area contributed by atoms with Crippen molar-refractivity contribution in [3.63, 3.8) is 0 Å². The van der Waals surface area contributed by atoms with Gasteiger partial charge in [0, 0.05) is 6.54 Å². The average molecular weight is 299 g/mol. The van der Waals surface area contributed by atoms with Gasteiger partial charge in [0.15, 0.2) is 5.96 Å². The fourth-order valence-corrected chi connectivity index (χ4v) is 2.02. The van der Waals surface area contributed by atoms with Crippen molar-refractivity contribution in [3.8, 4) is 11.5 Å². The predicted molar refractivity (Wildman–Crippen MR) is 89.8 cm³/mol. The number of methoxy groups -OCH3 is 2. The molecule has 2 aromatic rings. The van der Waals surface area contributed by atoms with Gasteiger partial charge in [-0.3, -0.25) is 4.99 Å². The summed E-state index contributed by atoms with van der Waals surface area (Å²) in [5.74, 6) is 1.96. The molecule has 116 valence electrons. The molecule has 22 heavy (non-hydrogen) atoms. The molecule has 0 amide bonds. The van der Waals surface area contributed by atoms with Crippen molar-refractivity contribution in [1.29, 1.82) is 0 Å². The minimum absolute atomic E-state index is 0.373. The molecule has 0 unspecified atom stereocenters. The highest BCUT2D eigenvalue weighted by atomic mass is 16.5. The van der Waals surface area contributed by atoms with Gasteiger partial charge in [0.1, 0.15) is 11.5 Å². The van der Waals surface area contributed by atoms with Crippen LogP contribution in [0.5, 0.6) is 11.5 Å². The number of benzene rings is 2. The molecule has 0 aromatic heterocycles. The van der Waals surface area contributed by atoms with Crippen LogP contribution in [0.4, 0.5) is 5.69 Å². The molecule has 5 nitrogen and oxygen atoms in total. The Hall–Kier alpha value is -2.69. The number of nitrogens with zero attached hydrogens (tertiary/aromatic N) is 1. The molecule has 2 rings (SSSR count). The molecule has 3 N–H and O–H groups in total. The van der Waals surface area contributed by atoms with Crippen molar-refractivity contribution in [2.24, 2.45) is 10.7 Å². The van der Waals surface area contributed by atoms with Gasteiger partial charge in [0.25, 0.3) is 0 Å². The highest BCUT2D eigenvalue weighted by molar-refractivity contribution is 5.93. The Morgan fingerprint density at radius 2 is 1.77 bits per heavy atom. The van der Waals surface area contributed by atoms with Gasteiger partial charge in [-0.05, 0) is 36.2 Å². The minimum atomic E-state index is 0.373. The average Bonchev–Trinajstić information content (AvgIpc) is 2.56. The largest absolute Gasteiger partial charge is 0.497 e. The lowest BCUT2D eigenvalue weighted by Gasteiger charge is -2.10. The maximum absolute atomic E-state index is 5.90. The quantitative estimate of drug-likeness (QED) is 0.635. The number of anilines is 1. The number of para-hydroxylation sites is 2. The van der Waals surface area contributed by atoms with E-state index in [-0.39, 0.29) is 0 Å². The zero-order valence-electron chi connectivity index (χ0n) is 12.9. The van der Waals surface area contributed by atoms with E-state index in [4.69, 9.17) is 15.2 Å². The number of nitrogens with one attached hydrogen (secondary N) is 1. The zero-order chi connectivity index (χ0) is 15.8. The van der Waals surface area contributed by atoms with Crippen molar-refractivity contribution in [2.75, 3.05) is 26.1 Å². The topological polar surface area (TPSA) is 68.9 Å². The Bertz CT molecular complexity index is 624. The molecule has 0 aliphatic heterocycles. The Balaban J connectivity index is 1.89. The van der Waals surface area contributed by atoms with E-state index in [2.05, 4.69) is 10.3 Å². The Morgan fingerprint density at radius 3 is 2.45 bits per heavy atom. The van der Waals surface area contributed by atoms with Crippen LogP contribution in [0.3, 0.4) is 0 Å². The first kappa shape index (κ1) is 15.7. The Kier molecular flexibility index (Phi) is 5.65. The third-order valence-corrected chi connectivity index (χ3v) is 3.21. The van der Waals surface area contributed by atoms with Crippen molar-refractivity contribution in [1.82, 2.24) is 0 Å². The second-order valence-corrected chi connectivity index (χ2v) is 4.69. The molecule has 2 aromatic carbocycles. The lowest BCUT2D eigenvalue weighted by atomic mass is 10.1. The summed E-state index contributed by atoms with van der Waals surface area (Å²) in [6.45, 7) is 0.611. The number of nitrogens with two attached hydrogens (primary N) is 1. The summed E-state index contributed by atoms with van der Waals surface area (Å²) in [5.41, 5.74) is 7.89. The molecule has 0 heterocycles. The molecule has 5 heteroatoms. The van der Waals surface area contributed by atoms with Gasteiger partial charge in [0.2, 0.25) is 0 Å². The molecule has 0 aliphatic carbocycles. The van der Waals surface area contributed by atoms with Gasteiger partial charge in [-0.1, -0.05) is 24.3 Å². The van der Waals surface area contributed by atoms with Gasteiger partial charge in [-0.15, -0.1) is 0 Å². The monoisotopic (exact) mass is 299 g/mol. The summed E-state index contributed by atoms with van der Waals surface area (Å²) in [5, 5.41) is 3.05. The Morgan fingerprint density at radius 1 is 1.05 bits per heavy atom. The fourth-order valence-electron chi connectivity index (χ4n) is 2.02. The van der Waals surface area contributed by atoms with E-state index in [0.29, 0.717) is 12.5 Å². The van der Waals surface area contributed by atoms with Crippen LogP contribution in [0.15, 0.2) is 53.5 Å². The van der Waals surface area contributed by atoms with Crippen LogP contribution >= 0.6 is 0 Å². The van der Waals surface area contributed by atoms with Crippen molar-refractivity contribution >= 4 is 11.6 Å². The lowest BCUT2D eigenvalue weighted by Crippen LogP contribution is -2.23. The Labute approximate surface area is 130 Å². The van der Waals surface area contributed by atoms with Crippen molar-refractivity contribution < 1.29 is 9.47 Å². The third kappa shape index (κ3) is 4.41. The summed E-state index contributed by atoms with van der Waals surface area (Å²) < 4.78 is 10.4. The maximum atomic E-state index is 5.90. The molecule has 0 saturated heterocycles. The highest BCUT2D eigenvalue weighted by Crippen LogP contribution is 2.22. The maximum Gasteiger partial charge on any atom is 0.193 e. The van der Waals surface area contributed by atoms with E-state index < -0.39 is 0 Å². The summed E-state index contributed by atoms with van der Waals surface area (Å²) >= 11 is 0. The van der Waals surface area contributed by atoms with Gasteiger partial charge in [0.05, 0.1) is 19.9 Å². The van der Waals surface area contributed by atoms with E-state index in [1.54, 1.807) is 14.2 Å². The molecule has 0 radical (unpaired) electrons. The molecular formula is C17H21N3O2. The molecule has 0 spiro atoms. The lowest BCUT2D eigenvalue weighted by molar-refractivity contribution is 0.414. The van der Waals surface area contributed by atoms with Crippen LogP contribution in [0, 0.1) is 0 Å². The number of rotatable bonds is 6. The smallest absolute Gasteiger partial charge is 0.193 e. The van der Waals surface area contributed by atoms with Gasteiger partial charge in [-0.25, -0.2) is 0 Å². The fraction of sp³-hybridized carbons (Fsp3) is 0.235. The normalized spacial score (nSPS) is 11.1. The van der Waals surface area contributed by atoms with Crippen molar-refractivity contribution in [2.45, 2.75) is 6.42 Å². The molecule has 0 atom stereocenters. The highest BCUT2D eigenvalue weighted by Gasteiger charge is 2.02. The second-order valence-electron chi connectivity index (χ2n) is 4.69. The molecule has 0 aliphatic rings. The second kappa shape index (κ2) is 7.93. The first-order chi connectivity index (χ1) is 10.7. The zero-order valence-corrected chi connectivity index (χ0v) is 12.9. The molecule has 0 bridgehead atoms. The van der Waals surface area contributed by atoms with Crippen molar-refractivity contribution in [3.05, 3.63) is 54.1 Å². The summed E-state index contributed by atoms with van der Waals surface area (Å²) in [4.78, 5) is 4.33. The van der Waals surface area contributed by atoms with E-state index >= 15 is 0 Å². The van der Waals surface area contributed by atoms with Crippen LogP contribution in [0.1, 0.15) is 5.56 Å². The molecular weight excluding hydrogens is 278 g/mol. The first-order valence-electron chi connectivity index (χ1n) is 7.06. The number of aliphatic imine (C=N–C) groups is 1. The van der Waals surface area contributed by atoms with Crippen LogP contribution in [0.2, 0.25) is 0 Å². The number of guanidine groups is 1. The van der Waals surface area contributed by atoms with Crippen LogP contribution in [-0.2, 0) is 6.42 Å². The van der Waals surface area contributed by atoms with E-state index in [1.807, 2.05) is 48.5 Å². The molecule has 0 fully saturated rings. The standard InChI is InChI=1S/C17H21N3O2/c1-21-14-9-7-13(8-10-14)11-12-19-17(18)20-15-5-3-4-6-16(15)22-2/h3-10H,11-12H2,1-2H3,(H3,18,19,20). The van der Waals surface area contributed by atoms with E-state index in [0.717, 1.165) is 23.6 Å². The van der Waals surface area contributed by atoms with E-state index in [1.165, 1.54) is 5.56 Å². The SMILES string of the molecule is COc1ccc(CCN=C(N)Nc2ccccc2OC)cc1. The minimum Gasteiger partial charge on any atom is -0.497 e. The van der Waals surface area contributed by atoms with Gasteiger partial charge in [-0.2, -0.15) is 0 Å². The number of hydrogen-bond donors (Lipinski definition) is 2. The van der Waals surface area contributed by atoms with Crippen LogP contribution in [-0.4, -0.2) is 26.7 Å². The number of hydrogen-bond acceptors (Lipinski definition) is 3. The summed E-state index contributed by atoms with van der Waals surface area (Å²) in [6, 6.07) is 15.5. The summed E-state index contributed by atoms with van der Waals surface area (Å²) in [7, 11) is 3.28. The third-order valence-electron chi connectivity index (χ3n) is 3.21. The van der Waals surface area contributed by atoms with Crippen LogP contribution in [0.25, 0.3) is 0 Å². The number of ether oxygens (including phenoxy) is 2. The first-order valence-corrected chi connectivity index (χ1v) is 7.06.